The van der Waals surface area contributed by atoms with Gasteiger partial charge in [-0.25, -0.2) is 4.39 Å². The van der Waals surface area contributed by atoms with Crippen molar-refractivity contribution in [3.8, 4) is 5.69 Å². The van der Waals surface area contributed by atoms with Gasteiger partial charge in [0, 0.05) is 42.6 Å². The van der Waals surface area contributed by atoms with Gasteiger partial charge in [0.05, 0.1) is 29.1 Å². The summed E-state index contributed by atoms with van der Waals surface area (Å²) in [5.41, 5.74) is 0.326. The molecule has 1 aliphatic rings. The minimum Gasteiger partial charge on any atom is -0.345 e. The van der Waals surface area contributed by atoms with Crippen molar-refractivity contribution >= 4 is 40.7 Å². The first-order valence-electron chi connectivity index (χ1n) is 11.8. The van der Waals surface area contributed by atoms with Crippen molar-refractivity contribution in [2.45, 2.75) is 13.3 Å². The van der Waals surface area contributed by atoms with Gasteiger partial charge in [-0.15, -0.1) is 0 Å². The molecule has 10 heteroatoms. The number of amides is 3. The zero-order valence-corrected chi connectivity index (χ0v) is 21.0. The number of pyridine rings is 1. The van der Waals surface area contributed by atoms with Crippen LogP contribution >= 0.6 is 11.6 Å². The van der Waals surface area contributed by atoms with Crippen LogP contribution in [0, 0.1) is 23.6 Å². The standard InChI is InChI=1S/C27H26ClFN4O4/c1-3-13-32(2)27(37)24-22(25(35)30-17-9-7-16(28)8-10-17)23(24)26(36)31-20-12-11-18(15-19(20)29)33-14-5-4-6-21(33)34/h4-12,14-15,22-24H,3,13H2,1-2H3,(H,30,35)(H,31,36)/t22-,23+,24+/m1/s1. The first-order valence-corrected chi connectivity index (χ1v) is 12.2. The molecular formula is C27H26ClFN4O4. The maximum absolute atomic E-state index is 14.9. The monoisotopic (exact) mass is 524 g/mol. The van der Waals surface area contributed by atoms with Crippen LogP contribution in [-0.4, -0.2) is 40.8 Å². The summed E-state index contributed by atoms with van der Waals surface area (Å²) < 4.78 is 16.1. The van der Waals surface area contributed by atoms with E-state index in [0.29, 0.717) is 22.9 Å². The van der Waals surface area contributed by atoms with Crippen molar-refractivity contribution in [3.63, 3.8) is 0 Å². The Hall–Kier alpha value is -3.98. The molecule has 1 aliphatic carbocycles. The number of nitrogens with one attached hydrogen (secondary N) is 2. The van der Waals surface area contributed by atoms with Crippen molar-refractivity contribution in [2.75, 3.05) is 24.2 Å². The van der Waals surface area contributed by atoms with Crippen LogP contribution in [-0.2, 0) is 14.4 Å². The molecule has 0 saturated heterocycles. The van der Waals surface area contributed by atoms with Crippen molar-refractivity contribution < 1.29 is 18.8 Å². The number of anilines is 2. The highest BCUT2D eigenvalue weighted by Gasteiger charge is 2.63. The highest BCUT2D eigenvalue weighted by Crippen LogP contribution is 2.49. The highest BCUT2D eigenvalue weighted by atomic mass is 35.5. The lowest BCUT2D eigenvalue weighted by Gasteiger charge is -2.16. The predicted molar refractivity (Wildman–Crippen MR) is 139 cm³/mol. The lowest BCUT2D eigenvalue weighted by atomic mass is 10.2. The molecule has 8 nitrogen and oxygen atoms in total. The van der Waals surface area contributed by atoms with E-state index in [1.807, 2.05) is 6.92 Å². The van der Waals surface area contributed by atoms with Gasteiger partial charge in [-0.05, 0) is 48.9 Å². The second-order valence-electron chi connectivity index (χ2n) is 8.90. The summed E-state index contributed by atoms with van der Waals surface area (Å²) in [6, 6.07) is 15.0. The Kier molecular flexibility index (Phi) is 7.73. The van der Waals surface area contributed by atoms with Gasteiger partial charge in [0.25, 0.3) is 5.56 Å². The Balaban J connectivity index is 1.53. The van der Waals surface area contributed by atoms with Crippen LogP contribution < -0.4 is 16.2 Å². The average Bonchev–Trinajstić information content (AvgIpc) is 3.63. The van der Waals surface area contributed by atoms with Crippen LogP contribution in [0.2, 0.25) is 5.02 Å². The van der Waals surface area contributed by atoms with Gasteiger partial charge in [-0.2, -0.15) is 0 Å². The smallest absolute Gasteiger partial charge is 0.255 e. The van der Waals surface area contributed by atoms with Crippen LogP contribution in [0.4, 0.5) is 15.8 Å². The Morgan fingerprint density at radius 3 is 2.27 bits per heavy atom. The van der Waals surface area contributed by atoms with Crippen molar-refractivity contribution in [1.82, 2.24) is 9.47 Å². The number of hydrogen-bond acceptors (Lipinski definition) is 4. The van der Waals surface area contributed by atoms with Crippen molar-refractivity contribution in [3.05, 3.63) is 88.1 Å². The van der Waals surface area contributed by atoms with Crippen LogP contribution in [0.1, 0.15) is 13.3 Å². The maximum atomic E-state index is 14.9. The number of benzene rings is 2. The summed E-state index contributed by atoms with van der Waals surface area (Å²) in [7, 11) is 1.62. The van der Waals surface area contributed by atoms with Gasteiger partial charge < -0.3 is 15.5 Å². The third-order valence-electron chi connectivity index (χ3n) is 6.27. The lowest BCUT2D eigenvalue weighted by molar-refractivity contribution is -0.133. The number of carbonyl (C=O) groups excluding carboxylic acids is 3. The van der Waals surface area contributed by atoms with E-state index < -0.39 is 35.4 Å². The highest BCUT2D eigenvalue weighted by molar-refractivity contribution is 6.30. The zero-order chi connectivity index (χ0) is 26.7. The van der Waals surface area contributed by atoms with Crippen LogP contribution in [0.5, 0.6) is 0 Å². The molecule has 192 valence electrons. The van der Waals surface area contributed by atoms with E-state index in [-0.39, 0.29) is 17.2 Å². The number of nitrogens with zero attached hydrogens (tertiary/aromatic N) is 2. The number of halogens is 2. The van der Waals surface area contributed by atoms with E-state index >= 15 is 0 Å². The second-order valence-corrected chi connectivity index (χ2v) is 9.33. The van der Waals surface area contributed by atoms with Gasteiger partial charge in [-0.1, -0.05) is 24.6 Å². The number of hydrogen-bond donors (Lipinski definition) is 2. The van der Waals surface area contributed by atoms with E-state index in [1.165, 1.54) is 33.9 Å². The molecule has 3 atom stereocenters. The third kappa shape index (κ3) is 5.72. The molecular weight excluding hydrogens is 499 g/mol. The molecule has 0 bridgehead atoms. The molecule has 37 heavy (non-hydrogen) atoms. The van der Waals surface area contributed by atoms with Crippen molar-refractivity contribution in [2.24, 2.45) is 17.8 Å². The topological polar surface area (TPSA) is 101 Å². The Bertz CT molecular complexity index is 1390. The Morgan fingerprint density at radius 2 is 1.65 bits per heavy atom. The molecule has 3 aromatic rings. The molecule has 1 heterocycles. The van der Waals surface area contributed by atoms with E-state index in [4.69, 9.17) is 11.6 Å². The van der Waals surface area contributed by atoms with Crippen molar-refractivity contribution in [1.29, 1.82) is 0 Å². The summed E-state index contributed by atoms with van der Waals surface area (Å²) in [5.74, 6) is -4.93. The molecule has 1 saturated carbocycles. The first kappa shape index (κ1) is 26.1. The Labute approximate surface area is 218 Å². The summed E-state index contributed by atoms with van der Waals surface area (Å²) in [6.07, 6.45) is 2.22. The number of rotatable bonds is 8. The number of aromatic nitrogens is 1. The van der Waals surface area contributed by atoms with Gasteiger partial charge in [0.15, 0.2) is 0 Å². The SMILES string of the molecule is CCCN(C)C(=O)[C@H]1[C@H](C(=O)Nc2ccc(Cl)cc2)[C@@H]1C(=O)Nc1ccc(-n2ccccc2=O)cc1F. The minimum absolute atomic E-state index is 0.116. The minimum atomic E-state index is -0.963. The van der Waals surface area contributed by atoms with E-state index in [1.54, 1.807) is 43.4 Å². The molecule has 4 rings (SSSR count). The largest absolute Gasteiger partial charge is 0.345 e. The normalized spacial score (nSPS) is 18.1. The molecule has 3 amide bonds. The summed E-state index contributed by atoms with van der Waals surface area (Å²) in [6.45, 7) is 2.39. The van der Waals surface area contributed by atoms with Gasteiger partial charge in [-0.3, -0.25) is 23.7 Å². The van der Waals surface area contributed by atoms with Crippen LogP contribution in [0.25, 0.3) is 5.69 Å². The number of carbonyl (C=O) groups is 3. The van der Waals surface area contributed by atoms with Crippen LogP contribution in [0.15, 0.2) is 71.7 Å². The fourth-order valence-corrected chi connectivity index (χ4v) is 4.47. The van der Waals surface area contributed by atoms with E-state index in [2.05, 4.69) is 10.6 Å². The third-order valence-corrected chi connectivity index (χ3v) is 6.52. The quantitative estimate of drug-likeness (QED) is 0.466. The zero-order valence-electron chi connectivity index (χ0n) is 20.3. The summed E-state index contributed by atoms with van der Waals surface area (Å²) in [4.78, 5) is 52.7. The van der Waals surface area contributed by atoms with Gasteiger partial charge >= 0.3 is 0 Å². The Morgan fingerprint density at radius 1 is 0.973 bits per heavy atom. The first-order chi connectivity index (χ1) is 17.7. The van der Waals surface area contributed by atoms with E-state index in [9.17, 15) is 23.6 Å². The summed E-state index contributed by atoms with van der Waals surface area (Å²) >= 11 is 5.90. The lowest BCUT2D eigenvalue weighted by Crippen LogP contribution is -2.31. The molecule has 0 radical (unpaired) electrons. The molecule has 0 unspecified atom stereocenters. The van der Waals surface area contributed by atoms with E-state index in [0.717, 1.165) is 12.5 Å². The summed E-state index contributed by atoms with van der Waals surface area (Å²) in [5, 5.41) is 5.73. The van der Waals surface area contributed by atoms with Gasteiger partial charge in [0.2, 0.25) is 17.7 Å². The predicted octanol–water partition coefficient (Wildman–Crippen LogP) is 3.94. The maximum Gasteiger partial charge on any atom is 0.255 e. The fraction of sp³-hybridized carbons (Fsp3) is 0.259. The molecule has 2 aromatic carbocycles. The van der Waals surface area contributed by atoms with Crippen LogP contribution in [0.3, 0.4) is 0 Å². The molecule has 1 aromatic heterocycles. The average molecular weight is 525 g/mol. The molecule has 0 spiro atoms. The fourth-order valence-electron chi connectivity index (χ4n) is 4.34. The molecule has 0 aliphatic heterocycles. The van der Waals surface area contributed by atoms with Gasteiger partial charge in [0.1, 0.15) is 5.82 Å². The molecule has 2 N–H and O–H groups in total. The second kappa shape index (κ2) is 11.0. The molecule has 1 fully saturated rings.